The second-order valence-electron chi connectivity index (χ2n) is 9.97. The van der Waals surface area contributed by atoms with Crippen molar-refractivity contribution in [2.45, 2.75) is 19.4 Å². The van der Waals surface area contributed by atoms with Crippen LogP contribution in [0.4, 0.5) is 23.1 Å². The maximum atomic E-state index is 13.4. The number of benzene rings is 1. The van der Waals surface area contributed by atoms with Gasteiger partial charge in [-0.1, -0.05) is 6.07 Å². The number of aromatic nitrogens is 5. The van der Waals surface area contributed by atoms with Gasteiger partial charge in [0.25, 0.3) is 5.56 Å². The van der Waals surface area contributed by atoms with Crippen LogP contribution < -0.4 is 15.8 Å². The van der Waals surface area contributed by atoms with Crippen molar-refractivity contribution >= 4 is 43.9 Å². The van der Waals surface area contributed by atoms with Gasteiger partial charge < -0.3 is 15.0 Å². The number of fused-ring (bicyclic) bond motifs is 1. The van der Waals surface area contributed by atoms with Gasteiger partial charge in [0, 0.05) is 59.4 Å². The van der Waals surface area contributed by atoms with E-state index >= 15 is 0 Å². The second-order valence-corrected chi connectivity index (χ2v) is 12.5. The van der Waals surface area contributed by atoms with Gasteiger partial charge in [-0.2, -0.15) is 9.35 Å². The van der Waals surface area contributed by atoms with Crippen LogP contribution in [0.3, 0.4) is 0 Å². The van der Waals surface area contributed by atoms with E-state index in [0.29, 0.717) is 41.1 Å². The molecule has 1 aliphatic heterocycles. The van der Waals surface area contributed by atoms with Gasteiger partial charge in [-0.05, 0) is 55.2 Å². The van der Waals surface area contributed by atoms with Crippen molar-refractivity contribution in [3.63, 3.8) is 0 Å². The van der Waals surface area contributed by atoms with Gasteiger partial charge in [0.1, 0.15) is 5.39 Å². The quantitative estimate of drug-likeness (QED) is 0.384. The Balaban J connectivity index is 1.38. The Morgan fingerprint density at radius 1 is 1.08 bits per heavy atom. The lowest BCUT2D eigenvalue weighted by atomic mass is 10.2. The predicted octanol–water partition coefficient (Wildman–Crippen LogP) is 3.33. The van der Waals surface area contributed by atoms with Crippen LogP contribution >= 0.6 is 0 Å². The summed E-state index contributed by atoms with van der Waals surface area (Å²) in [6, 6.07) is 13.4. The molecule has 1 aliphatic carbocycles. The van der Waals surface area contributed by atoms with Crippen molar-refractivity contribution in [3.8, 4) is 5.82 Å². The van der Waals surface area contributed by atoms with Crippen LogP contribution in [0, 0.1) is 5.92 Å². The summed E-state index contributed by atoms with van der Waals surface area (Å²) < 4.78 is 25.4. The molecule has 0 spiro atoms. The number of rotatable bonds is 7. The van der Waals surface area contributed by atoms with Gasteiger partial charge >= 0.3 is 0 Å². The number of pyridine rings is 1. The molecule has 0 bridgehead atoms. The maximum Gasteiger partial charge on any atom is 0.278 e. The Hall–Kier alpha value is -3.77. The van der Waals surface area contributed by atoms with E-state index in [-0.39, 0.29) is 5.56 Å². The molecule has 1 saturated heterocycles. The topological polar surface area (TPSA) is 120 Å². The summed E-state index contributed by atoms with van der Waals surface area (Å²) in [7, 11) is -2.39. The van der Waals surface area contributed by atoms with Crippen molar-refractivity contribution in [2.24, 2.45) is 10.3 Å². The Morgan fingerprint density at radius 3 is 2.55 bits per heavy atom. The van der Waals surface area contributed by atoms with E-state index in [1.165, 1.54) is 0 Å². The van der Waals surface area contributed by atoms with Crippen molar-refractivity contribution in [1.29, 1.82) is 0 Å². The van der Waals surface area contributed by atoms with Crippen molar-refractivity contribution in [3.05, 3.63) is 59.0 Å². The number of anilines is 3. The summed E-state index contributed by atoms with van der Waals surface area (Å²) in [5, 5.41) is 3.68. The molecule has 11 nitrogen and oxygen atoms in total. The Morgan fingerprint density at radius 2 is 1.84 bits per heavy atom. The summed E-state index contributed by atoms with van der Waals surface area (Å²) in [6.45, 7) is 3.79. The molecule has 1 N–H and O–H groups in total. The van der Waals surface area contributed by atoms with E-state index < -0.39 is 9.73 Å². The van der Waals surface area contributed by atoms with Gasteiger partial charge in [0.15, 0.2) is 17.3 Å². The zero-order valence-electron chi connectivity index (χ0n) is 21.4. The van der Waals surface area contributed by atoms with Crippen molar-refractivity contribution in [1.82, 2.24) is 24.3 Å². The van der Waals surface area contributed by atoms with E-state index in [1.807, 2.05) is 12.1 Å². The van der Waals surface area contributed by atoms with Crippen molar-refractivity contribution < 1.29 is 8.95 Å². The molecule has 0 unspecified atom stereocenters. The summed E-state index contributed by atoms with van der Waals surface area (Å²) in [5.74, 6) is 1.66. The van der Waals surface area contributed by atoms with Crippen LogP contribution in [-0.4, -0.2) is 67.3 Å². The largest absolute Gasteiger partial charge is 0.378 e. The predicted molar refractivity (Wildman–Crippen MR) is 148 cm³/mol. The third kappa shape index (κ3) is 5.27. The fourth-order valence-corrected chi connectivity index (χ4v) is 5.10. The van der Waals surface area contributed by atoms with E-state index in [2.05, 4.69) is 36.7 Å². The number of nitrogens with one attached hydrogen (secondary N) is 1. The minimum Gasteiger partial charge on any atom is -0.378 e. The molecule has 0 atom stereocenters. The first-order valence-corrected chi connectivity index (χ1v) is 15.0. The standard InChI is InChI=1S/C26H30N8O3S/c1-38(2,36)31-22-4-3-5-23(29-22)34-24-21(25(35)33(34)17-18-6-7-18)16-27-26(30-24)28-19-8-10-20(11-9-19)32-12-14-37-15-13-32/h3-5,8-11,16,18H,6-7,12-15,17H2,1-2H3,(H,27,28,30). The number of hydrogen-bond acceptors (Lipinski definition) is 9. The molecule has 12 heteroatoms. The first kappa shape index (κ1) is 24.6. The number of morpholine rings is 1. The Labute approximate surface area is 220 Å². The lowest BCUT2D eigenvalue weighted by Crippen LogP contribution is -2.36. The van der Waals surface area contributed by atoms with Crippen LogP contribution in [-0.2, 0) is 21.0 Å². The molecular formula is C26H30N8O3S. The molecule has 1 saturated carbocycles. The molecule has 6 rings (SSSR count). The fraction of sp³-hybridized carbons (Fsp3) is 0.385. The zero-order valence-corrected chi connectivity index (χ0v) is 22.2. The third-order valence-electron chi connectivity index (χ3n) is 6.55. The normalized spacial score (nSPS) is 16.1. The van der Waals surface area contributed by atoms with Crippen LogP contribution in [0.5, 0.6) is 0 Å². The lowest BCUT2D eigenvalue weighted by Gasteiger charge is -2.28. The molecule has 38 heavy (non-hydrogen) atoms. The highest BCUT2D eigenvalue weighted by molar-refractivity contribution is 7.92. The van der Waals surface area contributed by atoms with Crippen molar-refractivity contribution in [2.75, 3.05) is 49.0 Å². The van der Waals surface area contributed by atoms with E-state index in [9.17, 15) is 9.00 Å². The summed E-state index contributed by atoms with van der Waals surface area (Å²) in [4.78, 5) is 29.5. The molecule has 4 heterocycles. The minimum atomic E-state index is -2.39. The van der Waals surface area contributed by atoms with E-state index in [1.54, 1.807) is 46.3 Å². The highest BCUT2D eigenvalue weighted by atomic mass is 32.2. The van der Waals surface area contributed by atoms with Crippen LogP contribution in [0.15, 0.2) is 57.8 Å². The molecule has 0 radical (unpaired) electrons. The molecule has 3 aromatic heterocycles. The van der Waals surface area contributed by atoms with Crippen LogP contribution in [0.25, 0.3) is 16.9 Å². The molecule has 0 amide bonds. The highest BCUT2D eigenvalue weighted by Gasteiger charge is 2.26. The SMILES string of the molecule is CS(C)(=O)=Nc1cccc(-n2c3nc(Nc4ccc(N5CCOCC5)cc4)ncc3c(=O)n2CC2CC2)n1. The lowest BCUT2D eigenvalue weighted by molar-refractivity contribution is 0.122. The van der Waals surface area contributed by atoms with Gasteiger partial charge in [0.05, 0.1) is 13.2 Å². The molecule has 4 aromatic rings. The van der Waals surface area contributed by atoms with Gasteiger partial charge in [-0.15, -0.1) is 0 Å². The Bertz CT molecular complexity index is 1650. The smallest absolute Gasteiger partial charge is 0.278 e. The van der Waals surface area contributed by atoms with E-state index in [0.717, 1.165) is 50.5 Å². The van der Waals surface area contributed by atoms with Crippen LogP contribution in [0.1, 0.15) is 12.8 Å². The minimum absolute atomic E-state index is 0.160. The van der Waals surface area contributed by atoms with Gasteiger partial charge in [0.2, 0.25) is 5.95 Å². The summed E-state index contributed by atoms with van der Waals surface area (Å²) in [6.07, 6.45) is 6.86. The summed E-state index contributed by atoms with van der Waals surface area (Å²) >= 11 is 0. The Kier molecular flexibility index (Phi) is 6.36. The van der Waals surface area contributed by atoms with Gasteiger partial charge in [-0.25, -0.2) is 23.5 Å². The van der Waals surface area contributed by atoms with Crippen LogP contribution in [0.2, 0.25) is 0 Å². The number of ether oxygens (including phenoxy) is 1. The second kappa shape index (κ2) is 9.84. The first-order valence-electron chi connectivity index (χ1n) is 12.7. The van der Waals surface area contributed by atoms with E-state index in [4.69, 9.17) is 9.72 Å². The zero-order chi connectivity index (χ0) is 26.3. The molecular weight excluding hydrogens is 504 g/mol. The summed E-state index contributed by atoms with van der Waals surface area (Å²) in [5.41, 5.74) is 2.27. The highest BCUT2D eigenvalue weighted by Crippen LogP contribution is 2.31. The number of nitrogens with zero attached hydrogens (tertiary/aromatic N) is 7. The number of hydrogen-bond donors (Lipinski definition) is 1. The molecule has 2 fully saturated rings. The molecule has 198 valence electrons. The van der Waals surface area contributed by atoms with Gasteiger partial charge in [-0.3, -0.25) is 4.79 Å². The average molecular weight is 535 g/mol. The molecule has 2 aliphatic rings. The first-order chi connectivity index (χ1) is 18.3. The monoisotopic (exact) mass is 534 g/mol. The maximum absolute atomic E-state index is 13.4. The third-order valence-corrected chi connectivity index (χ3v) is 7.18. The average Bonchev–Trinajstić information content (AvgIpc) is 3.68. The fourth-order valence-electron chi connectivity index (χ4n) is 4.54. The molecule has 1 aromatic carbocycles.